The van der Waals surface area contributed by atoms with Crippen molar-refractivity contribution in [2.24, 2.45) is 0 Å². The summed E-state index contributed by atoms with van der Waals surface area (Å²) < 4.78 is 5.23. The first-order chi connectivity index (χ1) is 9.66. The number of carboxylic acids is 1. The number of anilines is 1. The first-order valence-corrected chi connectivity index (χ1v) is 6.56. The number of rotatable bonds is 5. The van der Waals surface area contributed by atoms with Gasteiger partial charge in [-0.05, 0) is 12.1 Å². The summed E-state index contributed by atoms with van der Waals surface area (Å²) in [5.74, 6) is -1.27. The SMILES string of the molecule is O=C(O)CC(C(=O)Nc1ccccc1)N1CCOCC1. The van der Waals surface area contributed by atoms with Crippen molar-refractivity contribution in [1.82, 2.24) is 4.90 Å². The molecule has 1 fully saturated rings. The number of nitrogens with one attached hydrogen (secondary N) is 1. The van der Waals surface area contributed by atoms with Gasteiger partial charge in [-0.1, -0.05) is 18.2 Å². The van der Waals surface area contributed by atoms with Crippen LogP contribution in [0.2, 0.25) is 0 Å². The number of benzene rings is 1. The molecule has 0 saturated carbocycles. The minimum Gasteiger partial charge on any atom is -0.481 e. The number of nitrogens with zero attached hydrogens (tertiary/aromatic N) is 1. The number of morpholine rings is 1. The summed E-state index contributed by atoms with van der Waals surface area (Å²) in [5, 5.41) is 11.8. The summed E-state index contributed by atoms with van der Waals surface area (Å²) in [7, 11) is 0. The van der Waals surface area contributed by atoms with Gasteiger partial charge < -0.3 is 15.2 Å². The van der Waals surface area contributed by atoms with E-state index in [0.29, 0.717) is 32.0 Å². The van der Waals surface area contributed by atoms with E-state index in [0.717, 1.165) is 0 Å². The van der Waals surface area contributed by atoms with Crippen molar-refractivity contribution < 1.29 is 19.4 Å². The fourth-order valence-electron chi connectivity index (χ4n) is 2.19. The maximum absolute atomic E-state index is 12.3. The molecule has 1 unspecified atom stereocenters. The summed E-state index contributed by atoms with van der Waals surface area (Å²) in [4.78, 5) is 25.1. The first-order valence-electron chi connectivity index (χ1n) is 6.56. The largest absolute Gasteiger partial charge is 0.481 e. The molecule has 1 aliphatic rings. The number of hydrogen-bond donors (Lipinski definition) is 2. The van der Waals surface area contributed by atoms with Crippen LogP contribution in [0.5, 0.6) is 0 Å². The van der Waals surface area contributed by atoms with Crippen LogP contribution in [0.3, 0.4) is 0 Å². The van der Waals surface area contributed by atoms with Crippen LogP contribution in [0.4, 0.5) is 5.69 Å². The highest BCUT2D eigenvalue weighted by Crippen LogP contribution is 2.12. The maximum Gasteiger partial charge on any atom is 0.305 e. The summed E-state index contributed by atoms with van der Waals surface area (Å²) in [5.41, 5.74) is 0.668. The molecule has 1 atom stereocenters. The van der Waals surface area contributed by atoms with Crippen LogP contribution in [0.1, 0.15) is 6.42 Å². The third-order valence-electron chi connectivity index (χ3n) is 3.20. The lowest BCUT2D eigenvalue weighted by atomic mass is 10.1. The standard InChI is InChI=1S/C14H18N2O4/c17-13(18)10-12(16-6-8-20-9-7-16)14(19)15-11-4-2-1-3-5-11/h1-5,12H,6-10H2,(H,15,19)(H,17,18). The van der Waals surface area contributed by atoms with E-state index in [1.165, 1.54) is 0 Å². The molecular weight excluding hydrogens is 260 g/mol. The topological polar surface area (TPSA) is 78.9 Å². The number of carbonyl (C=O) groups is 2. The molecule has 108 valence electrons. The highest BCUT2D eigenvalue weighted by atomic mass is 16.5. The van der Waals surface area contributed by atoms with Crippen LogP contribution in [-0.2, 0) is 14.3 Å². The molecule has 1 aromatic carbocycles. The molecule has 0 radical (unpaired) electrons. The van der Waals surface area contributed by atoms with Crippen molar-refractivity contribution in [2.45, 2.75) is 12.5 Å². The minimum atomic E-state index is -0.982. The van der Waals surface area contributed by atoms with Crippen molar-refractivity contribution in [3.63, 3.8) is 0 Å². The van der Waals surface area contributed by atoms with Crippen molar-refractivity contribution >= 4 is 17.6 Å². The van der Waals surface area contributed by atoms with Crippen LogP contribution in [0.15, 0.2) is 30.3 Å². The zero-order chi connectivity index (χ0) is 14.4. The van der Waals surface area contributed by atoms with E-state index in [4.69, 9.17) is 9.84 Å². The molecule has 1 aromatic rings. The minimum absolute atomic E-state index is 0.210. The second-order valence-electron chi connectivity index (χ2n) is 4.62. The van der Waals surface area contributed by atoms with Gasteiger partial charge in [0.15, 0.2) is 0 Å². The van der Waals surface area contributed by atoms with Crippen LogP contribution in [-0.4, -0.2) is 54.2 Å². The summed E-state index contributed by atoms with van der Waals surface area (Å²) in [6.45, 7) is 2.18. The molecule has 6 heteroatoms. The number of carbonyl (C=O) groups excluding carboxylic acids is 1. The van der Waals surface area contributed by atoms with Gasteiger partial charge in [0.25, 0.3) is 0 Å². The van der Waals surface area contributed by atoms with Gasteiger partial charge in [0.2, 0.25) is 5.91 Å². The molecule has 0 aliphatic carbocycles. The Bertz CT molecular complexity index is 458. The Labute approximate surface area is 117 Å². The number of carboxylic acid groups (broad SMARTS) is 1. The van der Waals surface area contributed by atoms with Gasteiger partial charge in [0, 0.05) is 18.8 Å². The Morgan fingerprint density at radius 2 is 1.90 bits per heavy atom. The van der Waals surface area contributed by atoms with Crippen LogP contribution in [0.25, 0.3) is 0 Å². The molecule has 6 nitrogen and oxygen atoms in total. The number of aliphatic carboxylic acids is 1. The van der Waals surface area contributed by atoms with E-state index in [-0.39, 0.29) is 12.3 Å². The predicted octanol–water partition coefficient (Wildman–Crippen LogP) is 0.801. The highest BCUT2D eigenvalue weighted by Gasteiger charge is 2.29. The summed E-state index contributed by atoms with van der Waals surface area (Å²) in [6.07, 6.45) is -0.210. The fraction of sp³-hybridized carbons (Fsp3) is 0.429. The molecule has 1 amide bonds. The Hall–Kier alpha value is -1.92. The van der Waals surface area contributed by atoms with E-state index in [2.05, 4.69) is 5.32 Å². The molecule has 1 saturated heterocycles. The fourth-order valence-corrected chi connectivity index (χ4v) is 2.19. The van der Waals surface area contributed by atoms with E-state index in [9.17, 15) is 9.59 Å². The van der Waals surface area contributed by atoms with Gasteiger partial charge in [-0.15, -0.1) is 0 Å². The zero-order valence-corrected chi connectivity index (χ0v) is 11.1. The number of hydrogen-bond acceptors (Lipinski definition) is 4. The maximum atomic E-state index is 12.3. The Morgan fingerprint density at radius 1 is 1.25 bits per heavy atom. The second kappa shape index (κ2) is 7.02. The van der Waals surface area contributed by atoms with Gasteiger partial charge in [0.1, 0.15) is 6.04 Å². The summed E-state index contributed by atoms with van der Waals surface area (Å²) >= 11 is 0. The molecule has 2 rings (SSSR count). The molecule has 0 spiro atoms. The third kappa shape index (κ3) is 4.04. The Kier molecular flexibility index (Phi) is 5.09. The van der Waals surface area contributed by atoms with E-state index in [1.807, 2.05) is 23.1 Å². The molecule has 0 aromatic heterocycles. The molecule has 20 heavy (non-hydrogen) atoms. The number of para-hydroxylation sites is 1. The monoisotopic (exact) mass is 278 g/mol. The van der Waals surface area contributed by atoms with Crippen LogP contribution >= 0.6 is 0 Å². The van der Waals surface area contributed by atoms with Gasteiger partial charge in [-0.2, -0.15) is 0 Å². The number of ether oxygens (including phenoxy) is 1. The predicted molar refractivity (Wildman–Crippen MR) is 73.5 cm³/mol. The van der Waals surface area contributed by atoms with Gasteiger partial charge in [-0.25, -0.2) is 0 Å². The lowest BCUT2D eigenvalue weighted by Gasteiger charge is -2.32. The van der Waals surface area contributed by atoms with Gasteiger partial charge in [-0.3, -0.25) is 14.5 Å². The van der Waals surface area contributed by atoms with E-state index >= 15 is 0 Å². The lowest BCUT2D eigenvalue weighted by Crippen LogP contribution is -2.50. The molecule has 1 aliphatic heterocycles. The average Bonchev–Trinajstić information content (AvgIpc) is 2.46. The Morgan fingerprint density at radius 3 is 2.50 bits per heavy atom. The van der Waals surface area contributed by atoms with Crippen molar-refractivity contribution in [3.8, 4) is 0 Å². The van der Waals surface area contributed by atoms with E-state index in [1.54, 1.807) is 12.1 Å². The van der Waals surface area contributed by atoms with Crippen molar-refractivity contribution in [2.75, 3.05) is 31.6 Å². The quantitative estimate of drug-likeness (QED) is 0.833. The average molecular weight is 278 g/mol. The first kappa shape index (κ1) is 14.5. The Balaban J connectivity index is 2.05. The van der Waals surface area contributed by atoms with Crippen LogP contribution < -0.4 is 5.32 Å². The molecule has 0 bridgehead atoms. The van der Waals surface area contributed by atoms with Crippen molar-refractivity contribution in [3.05, 3.63) is 30.3 Å². The highest BCUT2D eigenvalue weighted by molar-refractivity contribution is 5.96. The van der Waals surface area contributed by atoms with Crippen molar-refractivity contribution in [1.29, 1.82) is 0 Å². The normalized spacial score (nSPS) is 17.4. The number of amides is 1. The smallest absolute Gasteiger partial charge is 0.305 e. The molecular formula is C14H18N2O4. The van der Waals surface area contributed by atoms with Gasteiger partial charge in [0.05, 0.1) is 19.6 Å². The molecule has 1 heterocycles. The zero-order valence-electron chi connectivity index (χ0n) is 11.1. The second-order valence-corrected chi connectivity index (χ2v) is 4.62. The molecule has 2 N–H and O–H groups in total. The van der Waals surface area contributed by atoms with Crippen LogP contribution in [0, 0.1) is 0 Å². The lowest BCUT2D eigenvalue weighted by molar-refractivity contribution is -0.141. The van der Waals surface area contributed by atoms with Gasteiger partial charge >= 0.3 is 5.97 Å². The summed E-state index contributed by atoms with van der Waals surface area (Å²) in [6, 6.07) is 8.36. The van der Waals surface area contributed by atoms with E-state index < -0.39 is 12.0 Å². The third-order valence-corrected chi connectivity index (χ3v) is 3.20.